The van der Waals surface area contributed by atoms with Crippen molar-refractivity contribution < 1.29 is 4.79 Å². The molecule has 1 aliphatic rings. The van der Waals surface area contributed by atoms with Gasteiger partial charge in [0.15, 0.2) is 0 Å². The molecule has 1 saturated carbocycles. The highest BCUT2D eigenvalue weighted by Gasteiger charge is 2.19. The van der Waals surface area contributed by atoms with Crippen molar-refractivity contribution in [2.45, 2.75) is 51.5 Å². The number of pyridine rings is 1. The molecule has 1 amide bonds. The number of nitrogens with one attached hydrogen (secondary N) is 1. The van der Waals surface area contributed by atoms with Crippen molar-refractivity contribution in [3.63, 3.8) is 0 Å². The molecular formula is C23H25ClN4O. The van der Waals surface area contributed by atoms with Gasteiger partial charge in [0.25, 0.3) is 5.91 Å². The quantitative estimate of drug-likeness (QED) is 0.654. The number of halogens is 1. The third-order valence-electron chi connectivity index (χ3n) is 5.47. The first-order chi connectivity index (χ1) is 14.1. The van der Waals surface area contributed by atoms with Crippen LogP contribution in [0.2, 0.25) is 5.02 Å². The van der Waals surface area contributed by atoms with E-state index in [0.29, 0.717) is 22.8 Å². The van der Waals surface area contributed by atoms with E-state index in [1.165, 1.54) is 19.3 Å². The number of hydrogen-bond acceptors (Lipinski definition) is 3. The first-order valence-electron chi connectivity index (χ1n) is 10.2. The standard InChI is InChI=1S/C23H25ClN4O/c1-16-22(24)18(14-17-8-10-20(11-9-17)28-13-5-12-25-28)15-21(26-16)23(29)27-19-6-3-2-4-7-19/h5,8-13,15,19H,2-4,6-7,14H2,1H3,(H,27,29). The number of carbonyl (C=O) groups excluding carboxylic acids is 1. The van der Waals surface area contributed by atoms with E-state index in [4.69, 9.17) is 11.6 Å². The number of aromatic nitrogens is 3. The second-order valence-corrected chi connectivity index (χ2v) is 8.05. The van der Waals surface area contributed by atoms with Gasteiger partial charge >= 0.3 is 0 Å². The molecular weight excluding hydrogens is 384 g/mol. The summed E-state index contributed by atoms with van der Waals surface area (Å²) < 4.78 is 1.82. The Morgan fingerprint density at radius 1 is 1.21 bits per heavy atom. The number of carbonyl (C=O) groups is 1. The number of rotatable bonds is 5. The number of nitrogens with zero attached hydrogens (tertiary/aromatic N) is 3. The molecule has 3 aromatic rings. The fourth-order valence-electron chi connectivity index (χ4n) is 3.88. The maximum atomic E-state index is 12.7. The van der Waals surface area contributed by atoms with Crippen LogP contribution < -0.4 is 5.32 Å². The lowest BCUT2D eigenvalue weighted by Gasteiger charge is -2.22. The predicted octanol–water partition coefficient (Wildman–Crippen LogP) is 4.88. The molecule has 0 aliphatic heterocycles. The van der Waals surface area contributed by atoms with E-state index < -0.39 is 0 Å². The molecule has 150 valence electrons. The molecule has 0 atom stereocenters. The molecule has 5 nitrogen and oxygen atoms in total. The SMILES string of the molecule is Cc1nc(C(=O)NC2CCCCC2)cc(Cc2ccc(-n3cccn3)cc2)c1Cl. The van der Waals surface area contributed by atoms with Crippen LogP contribution in [0.25, 0.3) is 5.69 Å². The average molecular weight is 409 g/mol. The van der Waals surface area contributed by atoms with Gasteiger partial charge in [-0.25, -0.2) is 9.67 Å². The number of aryl methyl sites for hydroxylation is 1. The Hall–Kier alpha value is -2.66. The van der Waals surface area contributed by atoms with Gasteiger partial charge in [0.05, 0.1) is 16.4 Å². The minimum atomic E-state index is -0.105. The van der Waals surface area contributed by atoms with E-state index in [1.807, 2.05) is 42.1 Å². The molecule has 4 rings (SSSR count). The van der Waals surface area contributed by atoms with Gasteiger partial charge in [-0.05, 0) is 61.6 Å². The fraction of sp³-hybridized carbons (Fsp3) is 0.348. The summed E-state index contributed by atoms with van der Waals surface area (Å²) in [5.41, 5.74) is 4.17. The van der Waals surface area contributed by atoms with Crippen molar-refractivity contribution in [1.29, 1.82) is 0 Å². The lowest BCUT2D eigenvalue weighted by molar-refractivity contribution is 0.0922. The maximum absolute atomic E-state index is 12.7. The van der Waals surface area contributed by atoms with Crippen molar-refractivity contribution in [1.82, 2.24) is 20.1 Å². The third kappa shape index (κ3) is 4.67. The highest BCUT2D eigenvalue weighted by Crippen LogP contribution is 2.24. The molecule has 0 unspecified atom stereocenters. The van der Waals surface area contributed by atoms with Crippen LogP contribution in [-0.2, 0) is 6.42 Å². The Balaban J connectivity index is 1.51. The van der Waals surface area contributed by atoms with Gasteiger partial charge in [-0.2, -0.15) is 5.10 Å². The van der Waals surface area contributed by atoms with E-state index in [-0.39, 0.29) is 11.9 Å². The van der Waals surface area contributed by atoms with Crippen molar-refractivity contribution >= 4 is 17.5 Å². The minimum Gasteiger partial charge on any atom is -0.348 e. The molecule has 0 saturated heterocycles. The zero-order valence-electron chi connectivity index (χ0n) is 16.6. The Morgan fingerprint density at radius 2 is 1.97 bits per heavy atom. The van der Waals surface area contributed by atoms with Crippen molar-refractivity contribution in [2.24, 2.45) is 0 Å². The van der Waals surface area contributed by atoms with E-state index >= 15 is 0 Å². The molecule has 0 radical (unpaired) electrons. The summed E-state index contributed by atoms with van der Waals surface area (Å²) in [7, 11) is 0. The smallest absolute Gasteiger partial charge is 0.270 e. The fourth-order valence-corrected chi connectivity index (χ4v) is 4.05. The lowest BCUT2D eigenvalue weighted by Crippen LogP contribution is -2.36. The Bertz CT molecular complexity index is 977. The van der Waals surface area contributed by atoms with Gasteiger partial charge in [-0.15, -0.1) is 0 Å². The van der Waals surface area contributed by atoms with Gasteiger partial charge < -0.3 is 5.32 Å². The summed E-state index contributed by atoms with van der Waals surface area (Å²) >= 11 is 6.52. The van der Waals surface area contributed by atoms with E-state index in [2.05, 4.69) is 27.5 Å². The second-order valence-electron chi connectivity index (χ2n) is 7.67. The van der Waals surface area contributed by atoms with Crippen LogP contribution in [0.5, 0.6) is 0 Å². The van der Waals surface area contributed by atoms with E-state index in [0.717, 1.165) is 29.7 Å². The molecule has 2 heterocycles. The monoisotopic (exact) mass is 408 g/mol. The van der Waals surface area contributed by atoms with Gasteiger partial charge in [0.1, 0.15) is 5.69 Å². The normalized spacial score (nSPS) is 14.7. The topological polar surface area (TPSA) is 59.8 Å². The van der Waals surface area contributed by atoms with Crippen molar-refractivity contribution in [3.8, 4) is 5.69 Å². The molecule has 0 spiro atoms. The van der Waals surface area contributed by atoms with Crippen LogP contribution in [-0.4, -0.2) is 26.7 Å². The highest BCUT2D eigenvalue weighted by molar-refractivity contribution is 6.32. The van der Waals surface area contributed by atoms with Gasteiger partial charge in [-0.3, -0.25) is 4.79 Å². The molecule has 1 aromatic carbocycles. The summed E-state index contributed by atoms with van der Waals surface area (Å²) in [6.45, 7) is 1.85. The third-order valence-corrected chi connectivity index (χ3v) is 5.99. The second kappa shape index (κ2) is 8.78. The van der Waals surface area contributed by atoms with Gasteiger partial charge in [-0.1, -0.05) is 43.0 Å². The molecule has 1 fully saturated rings. The Kier molecular flexibility index (Phi) is 5.95. The van der Waals surface area contributed by atoms with Crippen molar-refractivity contribution in [2.75, 3.05) is 0 Å². The van der Waals surface area contributed by atoms with Gasteiger partial charge in [0.2, 0.25) is 0 Å². The number of hydrogen-bond donors (Lipinski definition) is 1. The van der Waals surface area contributed by atoms with Crippen LogP contribution in [0.4, 0.5) is 0 Å². The average Bonchev–Trinajstić information content (AvgIpc) is 3.27. The maximum Gasteiger partial charge on any atom is 0.270 e. The summed E-state index contributed by atoms with van der Waals surface area (Å²) in [6.07, 6.45) is 10.0. The zero-order valence-corrected chi connectivity index (χ0v) is 17.3. The molecule has 29 heavy (non-hydrogen) atoms. The van der Waals surface area contributed by atoms with E-state index in [9.17, 15) is 4.79 Å². The minimum absolute atomic E-state index is 0.105. The molecule has 2 aromatic heterocycles. The van der Waals surface area contributed by atoms with Crippen LogP contribution in [0.1, 0.15) is 59.4 Å². The van der Waals surface area contributed by atoms with E-state index in [1.54, 1.807) is 6.20 Å². The summed E-state index contributed by atoms with van der Waals surface area (Å²) in [4.78, 5) is 17.2. The molecule has 1 aliphatic carbocycles. The largest absolute Gasteiger partial charge is 0.348 e. The van der Waals surface area contributed by atoms with Crippen LogP contribution in [0.15, 0.2) is 48.8 Å². The lowest BCUT2D eigenvalue weighted by atomic mass is 9.95. The van der Waals surface area contributed by atoms with Crippen molar-refractivity contribution in [3.05, 3.63) is 76.3 Å². The molecule has 0 bridgehead atoms. The number of amides is 1. The Labute approximate surface area is 176 Å². The molecule has 1 N–H and O–H groups in total. The summed E-state index contributed by atoms with van der Waals surface area (Å²) in [5, 5.41) is 8.01. The summed E-state index contributed by atoms with van der Waals surface area (Å²) in [5.74, 6) is -0.105. The van der Waals surface area contributed by atoms with Crippen LogP contribution in [0.3, 0.4) is 0 Å². The highest BCUT2D eigenvalue weighted by atomic mass is 35.5. The zero-order chi connectivity index (χ0) is 20.2. The van der Waals surface area contributed by atoms with Crippen LogP contribution >= 0.6 is 11.6 Å². The number of benzene rings is 1. The van der Waals surface area contributed by atoms with Crippen LogP contribution in [0, 0.1) is 6.92 Å². The summed E-state index contributed by atoms with van der Waals surface area (Å²) in [6, 6.07) is 12.2. The van der Waals surface area contributed by atoms with Gasteiger partial charge in [0, 0.05) is 18.4 Å². The first-order valence-corrected chi connectivity index (χ1v) is 10.5. The Morgan fingerprint density at radius 3 is 2.66 bits per heavy atom. The molecule has 6 heteroatoms. The first kappa shape index (κ1) is 19.6. The predicted molar refractivity (Wildman–Crippen MR) is 115 cm³/mol.